The van der Waals surface area contributed by atoms with E-state index >= 15 is 0 Å². The van der Waals surface area contributed by atoms with Crippen molar-refractivity contribution in [3.63, 3.8) is 0 Å². The monoisotopic (exact) mass is 381 g/mol. The summed E-state index contributed by atoms with van der Waals surface area (Å²) in [4.78, 5) is 12.5. The lowest BCUT2D eigenvalue weighted by molar-refractivity contribution is -0.125. The molecular weight excluding hydrogens is 334 g/mol. The summed E-state index contributed by atoms with van der Waals surface area (Å²) in [6.07, 6.45) is 2.39. The van der Waals surface area contributed by atoms with Crippen LogP contribution in [0.2, 0.25) is 0 Å². The summed E-state index contributed by atoms with van der Waals surface area (Å²) in [5.41, 5.74) is 1.73. The molecule has 27 heavy (non-hydrogen) atoms. The van der Waals surface area contributed by atoms with E-state index in [1.165, 1.54) is 5.57 Å². The van der Waals surface area contributed by atoms with E-state index in [1.54, 1.807) is 0 Å². The van der Waals surface area contributed by atoms with E-state index in [2.05, 4.69) is 88.1 Å². The van der Waals surface area contributed by atoms with Gasteiger partial charge in [0.15, 0.2) is 0 Å². The van der Waals surface area contributed by atoms with E-state index in [0.29, 0.717) is 18.9 Å². The summed E-state index contributed by atoms with van der Waals surface area (Å²) in [5, 5.41) is 2.93. The standard InChI is InChI=1S/C24H47NO2/c1-18(21(2,3)4)13-14-27-17-25-20(26)15-19(22(5,6)7)16-24(11,12)23(8,9)10/h19H,1,13-17H2,2-12H3,(H,25,26). The van der Waals surface area contributed by atoms with Crippen LogP contribution in [-0.2, 0) is 9.53 Å². The molecule has 0 bridgehead atoms. The van der Waals surface area contributed by atoms with Gasteiger partial charge in [0.05, 0.1) is 6.61 Å². The maximum absolute atomic E-state index is 12.5. The molecule has 0 aromatic carbocycles. The average molecular weight is 382 g/mol. The number of ether oxygens (including phenoxy) is 1. The zero-order chi connectivity index (χ0) is 21.7. The normalized spacial score (nSPS) is 14.8. The van der Waals surface area contributed by atoms with Crippen LogP contribution in [0.25, 0.3) is 0 Å². The third kappa shape index (κ3) is 9.78. The number of carbonyl (C=O) groups excluding carboxylic acids is 1. The van der Waals surface area contributed by atoms with Crippen LogP contribution in [0.1, 0.15) is 95.4 Å². The summed E-state index contributed by atoms with van der Waals surface area (Å²) in [7, 11) is 0. The Morgan fingerprint density at radius 2 is 1.48 bits per heavy atom. The average Bonchev–Trinajstić information content (AvgIpc) is 2.42. The van der Waals surface area contributed by atoms with Gasteiger partial charge in [0.1, 0.15) is 6.73 Å². The van der Waals surface area contributed by atoms with Gasteiger partial charge in [-0.05, 0) is 40.4 Å². The van der Waals surface area contributed by atoms with Crippen LogP contribution >= 0.6 is 0 Å². The predicted molar refractivity (Wildman–Crippen MR) is 118 cm³/mol. The fourth-order valence-corrected chi connectivity index (χ4v) is 2.68. The summed E-state index contributed by atoms with van der Waals surface area (Å²) in [5.74, 6) is 0.404. The first kappa shape index (κ1) is 26.2. The smallest absolute Gasteiger partial charge is 0.222 e. The van der Waals surface area contributed by atoms with E-state index in [-0.39, 0.29) is 34.3 Å². The lowest BCUT2D eigenvalue weighted by Gasteiger charge is -2.44. The maximum atomic E-state index is 12.5. The number of rotatable bonds is 9. The van der Waals surface area contributed by atoms with E-state index in [0.717, 1.165) is 12.8 Å². The molecule has 0 heterocycles. The minimum atomic E-state index is 0.0780. The molecule has 0 aliphatic carbocycles. The molecule has 0 radical (unpaired) electrons. The van der Waals surface area contributed by atoms with E-state index in [1.807, 2.05) is 0 Å². The molecule has 3 heteroatoms. The van der Waals surface area contributed by atoms with Crippen LogP contribution in [-0.4, -0.2) is 19.2 Å². The number of carbonyl (C=O) groups is 1. The third-order valence-electron chi connectivity index (χ3n) is 6.42. The van der Waals surface area contributed by atoms with Crippen molar-refractivity contribution < 1.29 is 9.53 Å². The zero-order valence-electron chi connectivity index (χ0n) is 20.1. The minimum absolute atomic E-state index is 0.0780. The Kier molecular flexibility index (Phi) is 9.29. The van der Waals surface area contributed by atoms with Gasteiger partial charge in [-0.3, -0.25) is 4.79 Å². The molecule has 0 saturated heterocycles. The molecule has 0 fully saturated rings. The zero-order valence-corrected chi connectivity index (χ0v) is 20.1. The molecule has 0 aliphatic heterocycles. The second kappa shape index (κ2) is 9.58. The highest BCUT2D eigenvalue weighted by Crippen LogP contribution is 2.47. The van der Waals surface area contributed by atoms with Crippen molar-refractivity contribution in [3.8, 4) is 0 Å². The van der Waals surface area contributed by atoms with Crippen LogP contribution in [0.4, 0.5) is 0 Å². The SMILES string of the molecule is C=C(CCOCNC(=O)CC(CC(C)(C)C(C)(C)C)C(C)(C)C)C(C)(C)C. The second-order valence-corrected chi connectivity index (χ2v) is 11.9. The lowest BCUT2D eigenvalue weighted by Crippen LogP contribution is -2.38. The van der Waals surface area contributed by atoms with Crippen LogP contribution in [0, 0.1) is 27.6 Å². The van der Waals surface area contributed by atoms with Crippen LogP contribution in [0.3, 0.4) is 0 Å². The summed E-state index contributed by atoms with van der Waals surface area (Å²) < 4.78 is 5.60. The first-order valence-corrected chi connectivity index (χ1v) is 10.4. The summed E-state index contributed by atoms with van der Waals surface area (Å²) in [6.45, 7) is 29.6. The number of nitrogens with one attached hydrogen (secondary N) is 1. The van der Waals surface area contributed by atoms with Crippen molar-refractivity contribution in [2.45, 2.75) is 95.4 Å². The number of amides is 1. The van der Waals surface area contributed by atoms with Gasteiger partial charge in [-0.1, -0.05) is 88.3 Å². The fraction of sp³-hybridized carbons (Fsp3) is 0.875. The van der Waals surface area contributed by atoms with Crippen LogP contribution in [0.15, 0.2) is 12.2 Å². The largest absolute Gasteiger partial charge is 0.361 e. The molecule has 0 spiro atoms. The van der Waals surface area contributed by atoms with Gasteiger partial charge in [-0.25, -0.2) is 0 Å². The van der Waals surface area contributed by atoms with Crippen molar-refractivity contribution in [1.82, 2.24) is 5.32 Å². The Morgan fingerprint density at radius 1 is 0.963 bits per heavy atom. The highest BCUT2D eigenvalue weighted by Gasteiger charge is 2.38. The molecule has 1 N–H and O–H groups in total. The van der Waals surface area contributed by atoms with Gasteiger partial charge in [-0.15, -0.1) is 0 Å². The first-order chi connectivity index (χ1) is 11.9. The van der Waals surface area contributed by atoms with E-state index in [9.17, 15) is 4.79 Å². The highest BCUT2D eigenvalue weighted by molar-refractivity contribution is 5.76. The third-order valence-corrected chi connectivity index (χ3v) is 6.42. The molecular formula is C24H47NO2. The molecule has 0 rings (SSSR count). The summed E-state index contributed by atoms with van der Waals surface area (Å²) >= 11 is 0. The van der Waals surface area contributed by atoms with Gasteiger partial charge in [-0.2, -0.15) is 0 Å². The second-order valence-electron chi connectivity index (χ2n) is 11.9. The molecule has 0 saturated carbocycles. The Labute approximate surface area is 169 Å². The Hall–Kier alpha value is -0.830. The lowest BCUT2D eigenvalue weighted by atomic mass is 9.61. The van der Waals surface area contributed by atoms with Gasteiger partial charge < -0.3 is 10.1 Å². The van der Waals surface area contributed by atoms with Crippen molar-refractivity contribution >= 4 is 5.91 Å². The summed E-state index contributed by atoms with van der Waals surface area (Å²) in [6, 6.07) is 0. The Bertz CT molecular complexity index is 484. The van der Waals surface area contributed by atoms with Crippen molar-refractivity contribution in [2.75, 3.05) is 13.3 Å². The first-order valence-electron chi connectivity index (χ1n) is 10.4. The van der Waals surface area contributed by atoms with E-state index in [4.69, 9.17) is 4.74 Å². The molecule has 0 aliphatic rings. The molecule has 0 aromatic heterocycles. The number of hydrogen-bond donors (Lipinski definition) is 1. The Morgan fingerprint density at radius 3 is 1.89 bits per heavy atom. The molecule has 0 aromatic rings. The molecule has 1 unspecified atom stereocenters. The fourth-order valence-electron chi connectivity index (χ4n) is 2.68. The van der Waals surface area contributed by atoms with Crippen LogP contribution < -0.4 is 5.32 Å². The molecule has 1 atom stereocenters. The number of hydrogen-bond acceptors (Lipinski definition) is 2. The molecule has 3 nitrogen and oxygen atoms in total. The highest BCUT2D eigenvalue weighted by atomic mass is 16.5. The Balaban J connectivity index is 4.54. The van der Waals surface area contributed by atoms with Gasteiger partial charge in [0.25, 0.3) is 0 Å². The minimum Gasteiger partial charge on any atom is -0.361 e. The maximum Gasteiger partial charge on any atom is 0.222 e. The topological polar surface area (TPSA) is 38.3 Å². The van der Waals surface area contributed by atoms with Gasteiger partial charge in [0.2, 0.25) is 5.91 Å². The van der Waals surface area contributed by atoms with Crippen molar-refractivity contribution in [3.05, 3.63) is 12.2 Å². The van der Waals surface area contributed by atoms with Gasteiger partial charge in [0, 0.05) is 6.42 Å². The van der Waals surface area contributed by atoms with Crippen molar-refractivity contribution in [2.24, 2.45) is 27.6 Å². The van der Waals surface area contributed by atoms with E-state index < -0.39 is 0 Å². The molecule has 160 valence electrons. The van der Waals surface area contributed by atoms with Crippen LogP contribution in [0.5, 0.6) is 0 Å². The quantitative estimate of drug-likeness (QED) is 0.278. The molecule has 1 amide bonds. The van der Waals surface area contributed by atoms with Crippen molar-refractivity contribution in [1.29, 1.82) is 0 Å². The van der Waals surface area contributed by atoms with Gasteiger partial charge >= 0.3 is 0 Å². The predicted octanol–water partition coefficient (Wildman–Crippen LogP) is 6.58.